The quantitative estimate of drug-likeness (QED) is 0.577. The van der Waals surface area contributed by atoms with E-state index in [4.69, 9.17) is 18.2 Å². The number of carbonyl (C=O) groups excluding carboxylic acids is 1. The van der Waals surface area contributed by atoms with Gasteiger partial charge in [-0.1, -0.05) is 17.7 Å². The molecule has 1 amide bonds. The van der Waals surface area contributed by atoms with E-state index in [0.29, 0.717) is 30.2 Å². The van der Waals surface area contributed by atoms with Crippen molar-refractivity contribution < 1.29 is 9.90 Å². The molecule has 8 heteroatoms. The minimum Gasteiger partial charge on any atom is -0.507 e. The minimum absolute atomic E-state index is 0.0119. The number of benzene rings is 1. The molecule has 0 fully saturated rings. The molecule has 0 spiro atoms. The molecule has 3 rings (SSSR count). The van der Waals surface area contributed by atoms with Crippen LogP contribution in [-0.4, -0.2) is 35.0 Å². The summed E-state index contributed by atoms with van der Waals surface area (Å²) in [5, 5.41) is 16.0. The van der Waals surface area contributed by atoms with Crippen LogP contribution in [0.1, 0.15) is 10.4 Å². The van der Waals surface area contributed by atoms with Crippen LogP contribution in [-0.2, 0) is 0 Å². The van der Waals surface area contributed by atoms with E-state index in [9.17, 15) is 9.90 Å². The number of carbonyl (C=O) groups is 1. The van der Waals surface area contributed by atoms with Gasteiger partial charge in [0, 0.05) is 18.3 Å². The van der Waals surface area contributed by atoms with Crippen LogP contribution in [0, 0.1) is 6.57 Å². The zero-order valence-corrected chi connectivity index (χ0v) is 13.1. The molecular weight excluding hydrogens is 330 g/mol. The van der Waals surface area contributed by atoms with Crippen molar-refractivity contribution in [1.29, 1.82) is 0 Å². The Morgan fingerprint density at radius 1 is 1.42 bits per heavy atom. The maximum atomic E-state index is 12.6. The highest BCUT2D eigenvalue weighted by Crippen LogP contribution is 2.38. The summed E-state index contributed by atoms with van der Waals surface area (Å²) in [5.74, 6) is -0.457. The van der Waals surface area contributed by atoms with Gasteiger partial charge in [-0.05, 0) is 23.8 Å². The van der Waals surface area contributed by atoms with Crippen LogP contribution in [0.15, 0.2) is 35.5 Å². The average molecular weight is 342 g/mol. The molecule has 120 valence electrons. The van der Waals surface area contributed by atoms with Crippen LogP contribution in [0.3, 0.4) is 0 Å². The molecule has 7 nitrogen and oxygen atoms in total. The summed E-state index contributed by atoms with van der Waals surface area (Å²) >= 11 is 5.92. The van der Waals surface area contributed by atoms with Gasteiger partial charge in [-0.2, -0.15) is 0 Å². The number of aliphatic imine (C=N–C) groups is 1. The number of pyridine rings is 1. The number of aromatic hydroxyl groups is 1. The van der Waals surface area contributed by atoms with E-state index in [2.05, 4.69) is 25.5 Å². The lowest BCUT2D eigenvalue weighted by Gasteiger charge is -2.14. The predicted molar refractivity (Wildman–Crippen MR) is 90.4 cm³/mol. The minimum atomic E-state index is -0.561. The summed E-state index contributed by atoms with van der Waals surface area (Å²) in [4.78, 5) is 24.1. The van der Waals surface area contributed by atoms with E-state index in [0.717, 1.165) is 0 Å². The molecule has 0 saturated heterocycles. The van der Waals surface area contributed by atoms with Gasteiger partial charge in [-0.25, -0.2) is 9.83 Å². The molecule has 0 aliphatic carbocycles. The SMILES string of the molecule is [C-]#[N+]c1ccc(O)c(C(=O)NC2=NCCN2)c1-c1ccnc(Cl)c1. The van der Waals surface area contributed by atoms with Gasteiger partial charge in [0.05, 0.1) is 18.7 Å². The zero-order valence-electron chi connectivity index (χ0n) is 12.4. The number of hydrogen-bond acceptors (Lipinski definition) is 5. The van der Waals surface area contributed by atoms with E-state index in [-0.39, 0.29) is 22.2 Å². The number of phenols is 1. The normalized spacial score (nSPS) is 12.9. The number of hydrogen-bond donors (Lipinski definition) is 3. The van der Waals surface area contributed by atoms with Gasteiger partial charge in [0.15, 0.2) is 11.6 Å². The van der Waals surface area contributed by atoms with Crippen molar-refractivity contribution in [3.8, 4) is 16.9 Å². The van der Waals surface area contributed by atoms with E-state index in [1.165, 1.54) is 24.4 Å². The van der Waals surface area contributed by atoms with Gasteiger partial charge in [0.2, 0.25) is 0 Å². The standard InChI is InChI=1S/C16H12ClN5O2/c1-18-10-2-3-11(23)14(15(24)22-16-20-6-7-21-16)13(10)9-4-5-19-12(17)8-9/h2-5,8,23H,6-7H2,(H2,20,21,22,24). The largest absolute Gasteiger partial charge is 0.507 e. The Morgan fingerprint density at radius 3 is 2.92 bits per heavy atom. The molecule has 0 unspecified atom stereocenters. The van der Waals surface area contributed by atoms with E-state index >= 15 is 0 Å². The van der Waals surface area contributed by atoms with Crippen LogP contribution in [0.2, 0.25) is 5.15 Å². The Hall–Kier alpha value is -3.11. The fourth-order valence-electron chi connectivity index (χ4n) is 2.41. The zero-order chi connectivity index (χ0) is 17.1. The highest BCUT2D eigenvalue weighted by molar-refractivity contribution is 6.29. The maximum Gasteiger partial charge on any atom is 0.261 e. The van der Waals surface area contributed by atoms with Gasteiger partial charge < -0.3 is 10.4 Å². The number of amides is 1. The Morgan fingerprint density at radius 2 is 2.25 bits per heavy atom. The third kappa shape index (κ3) is 3.00. The lowest BCUT2D eigenvalue weighted by molar-refractivity contribution is 0.0974. The lowest BCUT2D eigenvalue weighted by Crippen LogP contribution is -2.38. The van der Waals surface area contributed by atoms with Crippen molar-refractivity contribution in [2.45, 2.75) is 0 Å². The van der Waals surface area contributed by atoms with Gasteiger partial charge in [-0.3, -0.25) is 15.1 Å². The third-order valence-electron chi connectivity index (χ3n) is 3.43. The first-order valence-corrected chi connectivity index (χ1v) is 7.43. The molecular formula is C16H12ClN5O2. The van der Waals surface area contributed by atoms with Crippen molar-refractivity contribution in [2.75, 3.05) is 13.1 Å². The Balaban J connectivity index is 2.14. The second-order valence-electron chi connectivity index (χ2n) is 4.94. The molecule has 2 heterocycles. The first kappa shape index (κ1) is 15.8. The highest BCUT2D eigenvalue weighted by Gasteiger charge is 2.23. The lowest BCUT2D eigenvalue weighted by atomic mass is 9.97. The van der Waals surface area contributed by atoms with Gasteiger partial charge in [0.25, 0.3) is 5.91 Å². The summed E-state index contributed by atoms with van der Waals surface area (Å²) in [6.07, 6.45) is 1.47. The van der Waals surface area contributed by atoms with Crippen LogP contribution in [0.25, 0.3) is 16.0 Å². The molecule has 0 saturated carbocycles. The Bertz CT molecular complexity index is 889. The molecule has 1 aliphatic heterocycles. The average Bonchev–Trinajstić information content (AvgIpc) is 3.07. The van der Waals surface area contributed by atoms with E-state index < -0.39 is 5.91 Å². The number of guanidine groups is 1. The number of halogens is 1. The molecule has 0 bridgehead atoms. The predicted octanol–water partition coefficient (Wildman–Crippen LogP) is 2.35. The summed E-state index contributed by atoms with van der Waals surface area (Å²) in [5.41, 5.74) is 1.03. The first-order chi connectivity index (χ1) is 11.6. The van der Waals surface area contributed by atoms with E-state index in [1.807, 2.05) is 0 Å². The van der Waals surface area contributed by atoms with Crippen LogP contribution in [0.4, 0.5) is 5.69 Å². The molecule has 2 aromatic rings. The summed E-state index contributed by atoms with van der Waals surface area (Å²) in [6.45, 7) is 8.55. The Kier molecular flexibility index (Phi) is 4.31. The van der Waals surface area contributed by atoms with Crippen molar-refractivity contribution >= 4 is 29.2 Å². The summed E-state index contributed by atoms with van der Waals surface area (Å²) < 4.78 is 0. The number of phenolic OH excluding ortho intramolecular Hbond substituents is 1. The molecule has 1 aromatic heterocycles. The van der Waals surface area contributed by atoms with Crippen molar-refractivity contribution in [2.24, 2.45) is 4.99 Å². The van der Waals surface area contributed by atoms with Gasteiger partial charge in [-0.15, -0.1) is 0 Å². The van der Waals surface area contributed by atoms with Gasteiger partial charge in [0.1, 0.15) is 10.9 Å². The number of rotatable bonds is 2. The molecule has 0 atom stereocenters. The summed E-state index contributed by atoms with van der Waals surface area (Å²) in [6, 6.07) is 5.93. The smallest absolute Gasteiger partial charge is 0.261 e. The van der Waals surface area contributed by atoms with Crippen LogP contribution in [0.5, 0.6) is 5.75 Å². The summed E-state index contributed by atoms with van der Waals surface area (Å²) in [7, 11) is 0. The molecule has 1 aliphatic rings. The second kappa shape index (κ2) is 6.56. The highest BCUT2D eigenvalue weighted by atomic mass is 35.5. The fraction of sp³-hybridized carbons (Fsp3) is 0.125. The van der Waals surface area contributed by atoms with Crippen LogP contribution < -0.4 is 10.6 Å². The van der Waals surface area contributed by atoms with E-state index in [1.54, 1.807) is 6.07 Å². The van der Waals surface area contributed by atoms with Crippen molar-refractivity contribution in [3.63, 3.8) is 0 Å². The fourth-order valence-corrected chi connectivity index (χ4v) is 2.58. The molecule has 0 radical (unpaired) electrons. The second-order valence-corrected chi connectivity index (χ2v) is 5.33. The number of aromatic nitrogens is 1. The topological polar surface area (TPSA) is 91.0 Å². The molecule has 3 N–H and O–H groups in total. The first-order valence-electron chi connectivity index (χ1n) is 7.05. The third-order valence-corrected chi connectivity index (χ3v) is 3.64. The maximum absolute atomic E-state index is 12.6. The Labute approximate surface area is 142 Å². The number of nitrogens with zero attached hydrogens (tertiary/aromatic N) is 3. The van der Waals surface area contributed by atoms with Crippen LogP contribution >= 0.6 is 11.6 Å². The molecule has 24 heavy (non-hydrogen) atoms. The number of nitrogens with one attached hydrogen (secondary N) is 2. The van der Waals surface area contributed by atoms with Crippen molar-refractivity contribution in [1.82, 2.24) is 15.6 Å². The van der Waals surface area contributed by atoms with Gasteiger partial charge >= 0.3 is 0 Å². The van der Waals surface area contributed by atoms with Crippen molar-refractivity contribution in [3.05, 3.63) is 52.6 Å². The molecule has 1 aromatic carbocycles. The monoisotopic (exact) mass is 341 g/mol.